The van der Waals surface area contributed by atoms with Crippen LogP contribution in [0.2, 0.25) is 0 Å². The van der Waals surface area contributed by atoms with E-state index < -0.39 is 11.7 Å². The molecule has 0 aliphatic heterocycles. The van der Waals surface area contributed by atoms with Gasteiger partial charge in [-0.05, 0) is 38.1 Å². The summed E-state index contributed by atoms with van der Waals surface area (Å²) in [6.45, 7) is 0.486. The van der Waals surface area contributed by atoms with Gasteiger partial charge in [0.25, 0.3) is 0 Å². The second-order valence-corrected chi connectivity index (χ2v) is 6.09. The number of benzene rings is 1. The SMILES string of the molecule is CNCC(=O)N(Cc1ccc(-c2ccccc2C(F)(F)F)o1)C1CC1. The fraction of sp³-hybridized carbons (Fsp3) is 0.389. The van der Waals surface area contributed by atoms with Crippen molar-refractivity contribution < 1.29 is 22.4 Å². The zero-order valence-corrected chi connectivity index (χ0v) is 13.8. The molecule has 1 amide bonds. The van der Waals surface area contributed by atoms with E-state index in [1.807, 2.05) is 0 Å². The van der Waals surface area contributed by atoms with E-state index in [1.165, 1.54) is 18.2 Å². The number of alkyl halides is 3. The van der Waals surface area contributed by atoms with Crippen LogP contribution in [0, 0.1) is 0 Å². The number of hydrogen-bond acceptors (Lipinski definition) is 3. The number of nitrogens with one attached hydrogen (secondary N) is 1. The van der Waals surface area contributed by atoms with E-state index in [0.717, 1.165) is 18.9 Å². The smallest absolute Gasteiger partial charge is 0.417 e. The molecule has 0 spiro atoms. The molecule has 0 unspecified atom stereocenters. The van der Waals surface area contributed by atoms with Gasteiger partial charge in [0.1, 0.15) is 11.5 Å². The van der Waals surface area contributed by atoms with E-state index in [-0.39, 0.29) is 36.4 Å². The molecule has 4 nitrogen and oxygen atoms in total. The lowest BCUT2D eigenvalue weighted by Crippen LogP contribution is -2.38. The van der Waals surface area contributed by atoms with E-state index in [1.54, 1.807) is 24.1 Å². The van der Waals surface area contributed by atoms with Crippen molar-refractivity contribution >= 4 is 5.91 Å². The summed E-state index contributed by atoms with van der Waals surface area (Å²) < 4.78 is 45.1. The van der Waals surface area contributed by atoms with Crippen molar-refractivity contribution in [2.24, 2.45) is 0 Å². The number of likely N-dealkylation sites (N-methyl/N-ethyl adjacent to an activating group) is 1. The third kappa shape index (κ3) is 4.04. The first-order valence-electron chi connectivity index (χ1n) is 8.09. The number of nitrogens with zero attached hydrogens (tertiary/aromatic N) is 1. The molecular weight excluding hydrogens is 333 g/mol. The average Bonchev–Trinajstić information content (AvgIpc) is 3.30. The van der Waals surface area contributed by atoms with Crippen LogP contribution in [0.1, 0.15) is 24.2 Å². The highest BCUT2D eigenvalue weighted by molar-refractivity contribution is 5.78. The van der Waals surface area contributed by atoms with Crippen LogP contribution < -0.4 is 5.32 Å². The van der Waals surface area contributed by atoms with Gasteiger partial charge in [-0.2, -0.15) is 13.2 Å². The Morgan fingerprint density at radius 1 is 1.24 bits per heavy atom. The summed E-state index contributed by atoms with van der Waals surface area (Å²) in [5, 5.41) is 2.82. The number of carbonyl (C=O) groups excluding carboxylic acids is 1. The third-order valence-corrected chi connectivity index (χ3v) is 4.12. The van der Waals surface area contributed by atoms with Gasteiger partial charge in [-0.3, -0.25) is 4.79 Å². The molecule has 7 heteroatoms. The summed E-state index contributed by atoms with van der Waals surface area (Å²) in [6, 6.07) is 8.65. The van der Waals surface area contributed by atoms with Gasteiger partial charge in [0.05, 0.1) is 18.7 Å². The Hall–Kier alpha value is -2.28. The van der Waals surface area contributed by atoms with Crippen molar-refractivity contribution in [2.75, 3.05) is 13.6 Å². The highest BCUT2D eigenvalue weighted by Gasteiger charge is 2.35. The van der Waals surface area contributed by atoms with Gasteiger partial charge in [-0.15, -0.1) is 0 Å². The second kappa shape index (κ2) is 6.92. The number of hydrogen-bond donors (Lipinski definition) is 1. The van der Waals surface area contributed by atoms with E-state index in [0.29, 0.717) is 5.76 Å². The minimum atomic E-state index is -4.45. The standard InChI is InChI=1S/C18H19F3N2O2/c1-22-10-17(24)23(12-6-7-12)11-13-8-9-16(25-13)14-4-2-3-5-15(14)18(19,20)21/h2-5,8-9,12,22H,6-7,10-11H2,1H3. The first-order valence-corrected chi connectivity index (χ1v) is 8.09. The van der Waals surface area contributed by atoms with Crippen LogP contribution in [0.25, 0.3) is 11.3 Å². The first-order chi connectivity index (χ1) is 11.9. The lowest BCUT2D eigenvalue weighted by Gasteiger charge is -2.21. The van der Waals surface area contributed by atoms with Crippen molar-refractivity contribution in [2.45, 2.75) is 31.6 Å². The molecule has 1 fully saturated rings. The molecule has 1 aromatic heterocycles. The predicted octanol–water partition coefficient (Wildman–Crippen LogP) is 3.68. The minimum Gasteiger partial charge on any atom is -0.459 e. The van der Waals surface area contributed by atoms with Gasteiger partial charge in [0.2, 0.25) is 5.91 Å². The predicted molar refractivity (Wildman–Crippen MR) is 86.6 cm³/mol. The van der Waals surface area contributed by atoms with Crippen molar-refractivity contribution in [1.29, 1.82) is 0 Å². The van der Waals surface area contributed by atoms with Gasteiger partial charge in [-0.25, -0.2) is 0 Å². The van der Waals surface area contributed by atoms with E-state index >= 15 is 0 Å². The first kappa shape index (κ1) is 17.5. The molecule has 0 saturated heterocycles. The maximum absolute atomic E-state index is 13.2. The Balaban J connectivity index is 1.82. The van der Waals surface area contributed by atoms with Crippen molar-refractivity contribution in [1.82, 2.24) is 10.2 Å². The van der Waals surface area contributed by atoms with Gasteiger partial charge in [0, 0.05) is 11.6 Å². The Labute approximate surface area is 143 Å². The number of halogens is 3. The molecule has 1 saturated carbocycles. The highest BCUT2D eigenvalue weighted by Crippen LogP contribution is 2.38. The van der Waals surface area contributed by atoms with Crippen molar-refractivity contribution in [3.63, 3.8) is 0 Å². The van der Waals surface area contributed by atoms with E-state index in [2.05, 4.69) is 5.32 Å². The fourth-order valence-corrected chi connectivity index (χ4v) is 2.78. The molecule has 0 atom stereocenters. The third-order valence-electron chi connectivity index (χ3n) is 4.12. The zero-order chi connectivity index (χ0) is 18.0. The normalized spacial score (nSPS) is 14.6. The summed E-state index contributed by atoms with van der Waals surface area (Å²) >= 11 is 0. The molecule has 1 aliphatic rings. The summed E-state index contributed by atoms with van der Waals surface area (Å²) in [6.07, 6.45) is -2.56. The number of carbonyl (C=O) groups is 1. The molecule has 0 radical (unpaired) electrons. The van der Waals surface area contributed by atoms with Crippen LogP contribution in [0.3, 0.4) is 0 Å². The summed E-state index contributed by atoms with van der Waals surface area (Å²) in [5.74, 6) is 0.585. The molecule has 1 aliphatic carbocycles. The Morgan fingerprint density at radius 2 is 1.96 bits per heavy atom. The average molecular weight is 352 g/mol. The van der Waals surface area contributed by atoms with Gasteiger partial charge >= 0.3 is 6.18 Å². The Bertz CT molecular complexity index is 751. The highest BCUT2D eigenvalue weighted by atomic mass is 19.4. The largest absolute Gasteiger partial charge is 0.459 e. The minimum absolute atomic E-state index is 0.000716. The Kier molecular flexibility index (Phi) is 4.85. The van der Waals surface area contributed by atoms with Crippen LogP contribution in [0.4, 0.5) is 13.2 Å². The molecule has 3 rings (SSSR count). The van der Waals surface area contributed by atoms with Crippen LogP contribution in [0.15, 0.2) is 40.8 Å². The van der Waals surface area contributed by atoms with Crippen molar-refractivity contribution in [3.8, 4) is 11.3 Å². The second-order valence-electron chi connectivity index (χ2n) is 6.09. The monoisotopic (exact) mass is 352 g/mol. The van der Waals surface area contributed by atoms with Crippen LogP contribution in [-0.2, 0) is 17.5 Å². The lowest BCUT2D eigenvalue weighted by molar-refractivity contribution is -0.137. The molecular formula is C18H19F3N2O2. The maximum Gasteiger partial charge on any atom is 0.417 e. The fourth-order valence-electron chi connectivity index (χ4n) is 2.78. The summed E-state index contributed by atoms with van der Waals surface area (Å²) in [5.41, 5.74) is -0.734. The maximum atomic E-state index is 13.2. The molecule has 2 aromatic rings. The van der Waals surface area contributed by atoms with Crippen LogP contribution in [-0.4, -0.2) is 30.4 Å². The molecule has 0 bridgehead atoms. The summed E-state index contributed by atoms with van der Waals surface area (Å²) in [7, 11) is 1.70. The van der Waals surface area contributed by atoms with Gasteiger partial charge < -0.3 is 14.6 Å². The van der Waals surface area contributed by atoms with Gasteiger partial charge in [-0.1, -0.05) is 18.2 Å². The quantitative estimate of drug-likeness (QED) is 0.863. The van der Waals surface area contributed by atoms with Crippen molar-refractivity contribution in [3.05, 3.63) is 47.7 Å². The topological polar surface area (TPSA) is 45.5 Å². The van der Waals surface area contributed by atoms with E-state index in [9.17, 15) is 18.0 Å². The molecule has 134 valence electrons. The van der Waals surface area contributed by atoms with Crippen LogP contribution in [0.5, 0.6) is 0 Å². The van der Waals surface area contributed by atoms with Crippen LogP contribution >= 0.6 is 0 Å². The van der Waals surface area contributed by atoms with E-state index in [4.69, 9.17) is 4.42 Å². The molecule has 1 heterocycles. The number of furan rings is 1. The molecule has 25 heavy (non-hydrogen) atoms. The number of rotatable bonds is 6. The Morgan fingerprint density at radius 3 is 2.60 bits per heavy atom. The number of amides is 1. The van der Waals surface area contributed by atoms with Gasteiger partial charge in [0.15, 0.2) is 0 Å². The molecule has 1 N–H and O–H groups in total. The summed E-state index contributed by atoms with van der Waals surface area (Å²) in [4.78, 5) is 13.9. The zero-order valence-electron chi connectivity index (χ0n) is 13.8. The lowest BCUT2D eigenvalue weighted by atomic mass is 10.1. The molecule has 1 aromatic carbocycles.